The zero-order chi connectivity index (χ0) is 19.6. The van der Waals surface area contributed by atoms with Gasteiger partial charge in [0.05, 0.1) is 0 Å². The fourth-order valence-electron chi connectivity index (χ4n) is 4.42. The summed E-state index contributed by atoms with van der Waals surface area (Å²) in [6, 6.07) is 1.94. The lowest BCUT2D eigenvalue weighted by molar-refractivity contribution is 0.314. The van der Waals surface area contributed by atoms with E-state index in [4.69, 9.17) is 0 Å². The summed E-state index contributed by atoms with van der Waals surface area (Å²) >= 11 is 5.48. The number of sulfonamides is 1. The number of hydrogen-bond donors (Lipinski definition) is 2. The highest BCUT2D eigenvalue weighted by Gasteiger charge is 2.42. The topological polar surface area (TPSA) is 74.3 Å². The number of nitrogens with one attached hydrogen (secondary N) is 2. The van der Waals surface area contributed by atoms with Crippen LogP contribution < -0.4 is 10.0 Å². The maximum absolute atomic E-state index is 13.0. The molecule has 1 atom stereocenters. The molecule has 2 saturated heterocycles. The molecule has 2 aliphatic heterocycles. The van der Waals surface area contributed by atoms with E-state index in [9.17, 15) is 8.42 Å². The number of likely N-dealkylation sites (tertiary alicyclic amines) is 1. The average molecular weight is 490 g/mol. The molecule has 3 heterocycles. The van der Waals surface area contributed by atoms with Gasteiger partial charge in [-0.1, -0.05) is 6.42 Å². The number of rotatable bonds is 7. The summed E-state index contributed by atoms with van der Waals surface area (Å²) in [5.41, 5.74) is 0. The van der Waals surface area contributed by atoms with Gasteiger partial charge in [0.2, 0.25) is 10.0 Å². The van der Waals surface area contributed by atoms with E-state index in [0.717, 1.165) is 38.2 Å². The number of aromatic nitrogens is 1. The van der Waals surface area contributed by atoms with Crippen LogP contribution in [0.3, 0.4) is 0 Å². The molecule has 9 heteroatoms. The van der Waals surface area contributed by atoms with Gasteiger partial charge < -0.3 is 10.2 Å². The third-order valence-electron chi connectivity index (χ3n) is 6.13. The number of pyridine rings is 1. The van der Waals surface area contributed by atoms with Crippen LogP contribution in [-0.4, -0.2) is 61.0 Å². The van der Waals surface area contributed by atoms with Crippen molar-refractivity contribution in [2.75, 3.05) is 37.2 Å². The van der Waals surface area contributed by atoms with Crippen LogP contribution in [0.25, 0.3) is 0 Å². The van der Waals surface area contributed by atoms with Gasteiger partial charge in [-0.05, 0) is 79.4 Å². The van der Waals surface area contributed by atoms with Crippen molar-refractivity contribution in [3.8, 4) is 0 Å². The molecule has 1 unspecified atom stereocenters. The van der Waals surface area contributed by atoms with Crippen LogP contribution in [0.5, 0.6) is 0 Å². The Balaban J connectivity index is 1.44. The van der Waals surface area contributed by atoms with E-state index in [1.54, 1.807) is 12.3 Å². The fourth-order valence-corrected chi connectivity index (χ4v) is 7.80. The minimum absolute atomic E-state index is 0.240. The molecular weight excluding hydrogens is 460 g/mol. The minimum atomic E-state index is -3.61. The normalized spacial score (nSPS) is 25.0. The molecule has 4 rings (SSSR count). The second kappa shape index (κ2) is 8.79. The van der Waals surface area contributed by atoms with Crippen LogP contribution >= 0.6 is 27.7 Å². The summed E-state index contributed by atoms with van der Waals surface area (Å²) in [5, 5.41) is 3.46. The van der Waals surface area contributed by atoms with Gasteiger partial charge in [-0.25, -0.2) is 18.1 Å². The molecule has 0 bridgehead atoms. The van der Waals surface area contributed by atoms with Crippen molar-refractivity contribution in [3.05, 3.63) is 16.7 Å². The summed E-state index contributed by atoms with van der Waals surface area (Å²) in [4.78, 5) is 6.97. The summed E-state index contributed by atoms with van der Waals surface area (Å²) in [6.07, 6.45) is 10.1. The van der Waals surface area contributed by atoms with Crippen LogP contribution in [0.1, 0.15) is 44.9 Å². The number of anilines is 1. The molecule has 0 amide bonds. The van der Waals surface area contributed by atoms with Crippen molar-refractivity contribution in [3.63, 3.8) is 0 Å². The molecule has 2 N–H and O–H groups in total. The van der Waals surface area contributed by atoms with Crippen LogP contribution in [0.15, 0.2) is 21.6 Å². The predicted molar refractivity (Wildman–Crippen MR) is 118 cm³/mol. The first-order valence-electron chi connectivity index (χ1n) is 10.2. The molecular formula is C19H29BrN4O2S2. The number of halogens is 1. The van der Waals surface area contributed by atoms with Gasteiger partial charge >= 0.3 is 0 Å². The van der Waals surface area contributed by atoms with Crippen molar-refractivity contribution in [2.24, 2.45) is 0 Å². The zero-order valence-corrected chi connectivity index (χ0v) is 19.3. The first-order chi connectivity index (χ1) is 13.5. The lowest BCUT2D eigenvalue weighted by atomic mass is 9.79. The molecule has 0 radical (unpaired) electrons. The first-order valence-corrected chi connectivity index (χ1v) is 13.5. The van der Waals surface area contributed by atoms with Crippen LogP contribution in [0.4, 0.5) is 5.82 Å². The third-order valence-corrected chi connectivity index (χ3v) is 9.66. The fraction of sp³-hybridized carbons (Fsp3) is 0.737. The Morgan fingerprint density at radius 3 is 2.79 bits per heavy atom. The smallest absolute Gasteiger partial charge is 0.244 e. The average Bonchev–Trinajstić information content (AvgIpc) is 3.15. The number of thioether (sulfide) groups is 1. The van der Waals surface area contributed by atoms with E-state index < -0.39 is 10.0 Å². The zero-order valence-electron chi connectivity index (χ0n) is 16.1. The van der Waals surface area contributed by atoms with E-state index in [0.29, 0.717) is 21.6 Å². The van der Waals surface area contributed by atoms with Crippen molar-refractivity contribution in [1.82, 2.24) is 14.6 Å². The van der Waals surface area contributed by atoms with Gasteiger partial charge in [0.1, 0.15) is 10.7 Å². The van der Waals surface area contributed by atoms with Gasteiger partial charge in [-0.2, -0.15) is 11.8 Å². The molecule has 0 aromatic carbocycles. The van der Waals surface area contributed by atoms with Crippen LogP contribution in [-0.2, 0) is 10.0 Å². The Morgan fingerprint density at radius 1 is 1.29 bits per heavy atom. The van der Waals surface area contributed by atoms with Gasteiger partial charge in [0, 0.05) is 34.5 Å². The lowest BCUT2D eigenvalue weighted by Gasteiger charge is -2.47. The summed E-state index contributed by atoms with van der Waals surface area (Å²) in [6.45, 7) is 3.31. The highest BCUT2D eigenvalue weighted by Crippen LogP contribution is 2.51. The molecule has 1 aromatic rings. The van der Waals surface area contributed by atoms with Crippen molar-refractivity contribution in [1.29, 1.82) is 0 Å². The highest BCUT2D eigenvalue weighted by atomic mass is 79.9. The number of hydrogen-bond acceptors (Lipinski definition) is 6. The number of nitrogens with zero attached hydrogens (tertiary/aromatic N) is 2. The van der Waals surface area contributed by atoms with Crippen molar-refractivity contribution < 1.29 is 8.42 Å². The summed E-state index contributed by atoms with van der Waals surface area (Å²) in [5.74, 6) is 1.60. The van der Waals surface area contributed by atoms with E-state index >= 15 is 0 Å². The molecule has 3 aliphatic rings. The van der Waals surface area contributed by atoms with Gasteiger partial charge in [0.15, 0.2) is 0 Å². The van der Waals surface area contributed by atoms with Crippen molar-refractivity contribution >= 4 is 43.5 Å². The Kier molecular flexibility index (Phi) is 6.57. The second-order valence-electron chi connectivity index (χ2n) is 8.17. The molecule has 3 fully saturated rings. The summed E-state index contributed by atoms with van der Waals surface area (Å²) < 4.78 is 29.8. The van der Waals surface area contributed by atoms with E-state index in [1.807, 2.05) is 0 Å². The molecule has 1 aromatic heterocycles. The Labute approximate surface area is 180 Å². The van der Waals surface area contributed by atoms with E-state index in [-0.39, 0.29) is 10.9 Å². The Morgan fingerprint density at radius 2 is 2.07 bits per heavy atom. The largest absolute Gasteiger partial charge is 0.366 e. The minimum Gasteiger partial charge on any atom is -0.366 e. The van der Waals surface area contributed by atoms with E-state index in [1.165, 1.54) is 32.1 Å². The lowest BCUT2D eigenvalue weighted by Crippen LogP contribution is -2.43. The molecule has 1 spiro atoms. The third kappa shape index (κ3) is 4.86. The summed E-state index contributed by atoms with van der Waals surface area (Å²) in [7, 11) is -3.61. The molecule has 6 nitrogen and oxygen atoms in total. The Bertz CT molecular complexity index is 795. The first kappa shape index (κ1) is 20.9. The molecule has 1 aliphatic carbocycles. The quantitative estimate of drug-likeness (QED) is 0.611. The van der Waals surface area contributed by atoms with E-state index in [2.05, 4.69) is 47.6 Å². The van der Waals surface area contributed by atoms with Crippen LogP contribution in [0, 0.1) is 0 Å². The standard InChI is InChI=1S/C19H29BrN4O2S2/c20-15-12-17(28(25,26)22-7-10-24-8-1-2-9-24)18(21-14-15)23-16-4-11-27-19(13-16)5-3-6-19/h12,14,16,22H,1-11,13H2,(H,21,23). The van der Waals surface area contributed by atoms with Crippen LogP contribution in [0.2, 0.25) is 0 Å². The predicted octanol–water partition coefficient (Wildman–Crippen LogP) is 3.45. The molecule has 156 valence electrons. The van der Waals surface area contributed by atoms with Gasteiger partial charge in [0.25, 0.3) is 0 Å². The SMILES string of the molecule is O=S(=O)(NCCN1CCCC1)c1cc(Br)cnc1NC1CCSC2(CCC2)C1. The highest BCUT2D eigenvalue weighted by molar-refractivity contribution is 9.10. The Hall–Kier alpha value is -0.350. The van der Waals surface area contributed by atoms with Gasteiger partial charge in [-0.15, -0.1) is 0 Å². The maximum atomic E-state index is 13.0. The monoisotopic (exact) mass is 488 g/mol. The molecule has 28 heavy (non-hydrogen) atoms. The van der Waals surface area contributed by atoms with Gasteiger partial charge in [-0.3, -0.25) is 0 Å². The maximum Gasteiger partial charge on any atom is 0.244 e. The second-order valence-corrected chi connectivity index (χ2v) is 12.4. The molecule has 1 saturated carbocycles. The van der Waals surface area contributed by atoms with Crippen molar-refractivity contribution in [2.45, 2.75) is 60.6 Å².